The van der Waals surface area contributed by atoms with Crippen molar-refractivity contribution < 1.29 is 52.7 Å². The number of aliphatic hydroxyl groups is 1. The molecule has 0 aliphatic carbocycles. The summed E-state index contributed by atoms with van der Waals surface area (Å²) >= 11 is 0. The van der Waals surface area contributed by atoms with Gasteiger partial charge in [-0.2, -0.15) is 0 Å². The number of amides is 1. The molecular weight excluding hydrogens is 574 g/mol. The summed E-state index contributed by atoms with van der Waals surface area (Å²) in [4.78, 5) is 50.8. The molecule has 0 aromatic rings. The van der Waals surface area contributed by atoms with Crippen molar-refractivity contribution in [3.63, 3.8) is 0 Å². The van der Waals surface area contributed by atoms with E-state index in [1.54, 1.807) is 20.8 Å². The molecule has 44 heavy (non-hydrogen) atoms. The summed E-state index contributed by atoms with van der Waals surface area (Å²) in [6, 6.07) is 0. The van der Waals surface area contributed by atoms with Gasteiger partial charge in [0.15, 0.2) is 0 Å². The maximum atomic E-state index is 12.7. The Hall–Kier alpha value is -2.44. The van der Waals surface area contributed by atoms with Crippen molar-refractivity contribution in [3.05, 3.63) is 0 Å². The Morgan fingerprint density at radius 2 is 1.07 bits per heavy atom. The molecule has 0 aliphatic rings. The van der Waals surface area contributed by atoms with E-state index in [1.807, 2.05) is 0 Å². The quantitative estimate of drug-likeness (QED) is 0.0804. The van der Waals surface area contributed by atoms with Gasteiger partial charge in [-0.15, -0.1) is 0 Å². The van der Waals surface area contributed by atoms with Gasteiger partial charge < -0.3 is 38.4 Å². The number of carbonyl (C=O) groups is 4. The average Bonchev–Trinajstić information content (AvgIpc) is 2.96. The van der Waals surface area contributed by atoms with E-state index in [0.717, 1.165) is 19.3 Å². The predicted molar refractivity (Wildman–Crippen MR) is 165 cm³/mol. The predicted octanol–water partition coefficient (Wildman–Crippen LogP) is 4.68. The summed E-state index contributed by atoms with van der Waals surface area (Å²) in [5.41, 5.74) is -0.706. The molecule has 2 unspecified atom stereocenters. The maximum absolute atomic E-state index is 12.7. The number of unbranched alkanes of at least 4 members (excludes halogenated alkanes) is 5. The van der Waals surface area contributed by atoms with E-state index in [-0.39, 0.29) is 83.4 Å². The lowest BCUT2D eigenvalue weighted by Gasteiger charge is -2.27. The number of nitrogens with zero attached hydrogens (tertiary/aromatic N) is 1. The molecule has 0 saturated carbocycles. The van der Waals surface area contributed by atoms with Gasteiger partial charge >= 0.3 is 24.0 Å². The molecule has 0 aliphatic heterocycles. The van der Waals surface area contributed by atoms with Crippen LogP contribution in [0.25, 0.3) is 0 Å². The molecule has 258 valence electrons. The number of rotatable bonds is 26. The van der Waals surface area contributed by atoms with Crippen LogP contribution in [0.1, 0.15) is 98.3 Å². The maximum Gasteiger partial charge on any atom is 0.410 e. The summed E-state index contributed by atoms with van der Waals surface area (Å²) in [5, 5.41) is 9.29. The lowest BCUT2D eigenvalue weighted by atomic mass is 10.1. The van der Waals surface area contributed by atoms with Crippen molar-refractivity contribution in [3.8, 4) is 0 Å². The van der Waals surface area contributed by atoms with Crippen molar-refractivity contribution in [2.75, 3.05) is 67.0 Å². The number of carbonyl (C=O) groups excluding carboxylic acids is 4. The fourth-order valence-electron chi connectivity index (χ4n) is 4.12. The molecule has 0 aromatic heterocycles. The van der Waals surface area contributed by atoms with E-state index in [1.165, 1.54) is 38.4 Å². The summed E-state index contributed by atoms with van der Waals surface area (Å²) in [5.74, 6) is -1.71. The second kappa shape index (κ2) is 25.8. The van der Waals surface area contributed by atoms with Gasteiger partial charge in [-0.3, -0.25) is 14.4 Å². The highest BCUT2D eigenvalue weighted by atomic mass is 16.6. The van der Waals surface area contributed by atoms with E-state index < -0.39 is 23.6 Å². The molecule has 0 heterocycles. The smallest absolute Gasteiger partial charge is 0.410 e. The van der Waals surface area contributed by atoms with Crippen molar-refractivity contribution in [2.24, 2.45) is 11.8 Å². The molecule has 0 radical (unpaired) electrons. The molecule has 12 nitrogen and oxygen atoms in total. The number of ether oxygens (including phenoxy) is 6. The lowest BCUT2D eigenvalue weighted by molar-refractivity contribution is -0.150. The first kappa shape index (κ1) is 41.6. The zero-order valence-corrected chi connectivity index (χ0v) is 28.1. The molecule has 1 amide bonds. The van der Waals surface area contributed by atoms with E-state index >= 15 is 0 Å². The second-order valence-corrected chi connectivity index (χ2v) is 12.1. The minimum Gasteiger partial charge on any atom is -0.465 e. The third-order valence-electron chi connectivity index (χ3n) is 6.51. The third-order valence-corrected chi connectivity index (χ3v) is 6.51. The molecule has 2 atom stereocenters. The van der Waals surface area contributed by atoms with E-state index in [9.17, 15) is 24.3 Å². The van der Waals surface area contributed by atoms with Crippen molar-refractivity contribution >= 4 is 24.0 Å². The number of aliphatic hydroxyl groups excluding tert-OH is 1. The van der Waals surface area contributed by atoms with Crippen LogP contribution < -0.4 is 0 Å². The van der Waals surface area contributed by atoms with Crippen LogP contribution in [-0.4, -0.2) is 107 Å². The van der Waals surface area contributed by atoms with Gasteiger partial charge in [-0.1, -0.05) is 39.0 Å². The lowest BCUT2D eigenvalue weighted by Crippen LogP contribution is -2.38. The topological polar surface area (TPSA) is 147 Å². The Morgan fingerprint density at radius 3 is 1.52 bits per heavy atom. The van der Waals surface area contributed by atoms with Crippen LogP contribution in [-0.2, 0) is 42.8 Å². The summed E-state index contributed by atoms with van der Waals surface area (Å²) < 4.78 is 31.6. The highest BCUT2D eigenvalue weighted by molar-refractivity contribution is 5.71. The van der Waals surface area contributed by atoms with Crippen LogP contribution in [0.4, 0.5) is 4.79 Å². The van der Waals surface area contributed by atoms with Crippen LogP contribution in [0.15, 0.2) is 0 Å². The third kappa shape index (κ3) is 23.9. The van der Waals surface area contributed by atoms with E-state index in [0.29, 0.717) is 19.3 Å². The van der Waals surface area contributed by atoms with Gasteiger partial charge in [-0.25, -0.2) is 4.79 Å². The van der Waals surface area contributed by atoms with Crippen LogP contribution in [0, 0.1) is 11.8 Å². The van der Waals surface area contributed by atoms with Gasteiger partial charge in [-0.05, 0) is 40.0 Å². The summed E-state index contributed by atoms with van der Waals surface area (Å²) in [7, 11) is 3.04. The molecule has 12 heteroatoms. The fraction of sp³-hybridized carbons (Fsp3) is 0.875. The Morgan fingerprint density at radius 1 is 0.636 bits per heavy atom. The summed E-state index contributed by atoms with van der Waals surface area (Å²) in [6.45, 7) is 8.53. The highest BCUT2D eigenvalue weighted by Gasteiger charge is 2.23. The number of esters is 3. The van der Waals surface area contributed by atoms with Crippen LogP contribution >= 0.6 is 0 Å². The van der Waals surface area contributed by atoms with E-state index in [4.69, 9.17) is 28.4 Å². The normalized spacial score (nSPS) is 12.7. The number of methoxy groups -OCH3 is 2. The minimum atomic E-state index is -0.706. The largest absolute Gasteiger partial charge is 0.465 e. The Kier molecular flexibility index (Phi) is 24.4. The molecule has 0 saturated heterocycles. The Labute approximate surface area is 264 Å². The average molecular weight is 634 g/mol. The standard InChI is InChI=1S/C32H59NO11/c1-7-8-9-10-11-12-15-28(35)42-24-27(22-40-6)25-43-30(37)17-14-19-33(31(38)44-32(2,3)4)18-13-16-29(36)41-23-26(20-34)21-39-5/h26-27,34H,7-25H2,1-6H3. The SMILES string of the molecule is CCCCCCCCC(=O)OCC(COC)COC(=O)CCCN(CCCC(=O)OCC(CO)COC)C(=O)OC(C)(C)C. The molecule has 0 aromatic carbocycles. The summed E-state index contributed by atoms with van der Waals surface area (Å²) in [6.07, 6.45) is 7.17. The van der Waals surface area contributed by atoms with Crippen molar-refractivity contribution in [2.45, 2.75) is 104 Å². The molecule has 0 rings (SSSR count). The second-order valence-electron chi connectivity index (χ2n) is 12.1. The van der Waals surface area contributed by atoms with Gasteiger partial charge in [0, 0.05) is 52.5 Å². The van der Waals surface area contributed by atoms with Gasteiger partial charge in [0.1, 0.15) is 5.60 Å². The zero-order valence-electron chi connectivity index (χ0n) is 28.1. The minimum absolute atomic E-state index is 0.0495. The van der Waals surface area contributed by atoms with Gasteiger partial charge in [0.2, 0.25) is 0 Å². The fourth-order valence-corrected chi connectivity index (χ4v) is 4.12. The first-order chi connectivity index (χ1) is 20.9. The molecule has 1 N–H and O–H groups in total. The highest BCUT2D eigenvalue weighted by Crippen LogP contribution is 2.13. The Bertz CT molecular complexity index is 785. The molecular formula is C32H59NO11. The Balaban J connectivity index is 4.60. The first-order valence-corrected chi connectivity index (χ1v) is 16.0. The first-order valence-electron chi connectivity index (χ1n) is 16.0. The van der Waals surface area contributed by atoms with Gasteiger partial charge in [0.05, 0.1) is 45.6 Å². The van der Waals surface area contributed by atoms with Crippen molar-refractivity contribution in [1.82, 2.24) is 4.90 Å². The van der Waals surface area contributed by atoms with Crippen LogP contribution in [0.5, 0.6) is 0 Å². The van der Waals surface area contributed by atoms with E-state index in [2.05, 4.69) is 6.92 Å². The molecule has 0 fully saturated rings. The van der Waals surface area contributed by atoms with Gasteiger partial charge in [0.25, 0.3) is 0 Å². The number of hydrogen-bond acceptors (Lipinski definition) is 11. The number of hydrogen-bond donors (Lipinski definition) is 1. The van der Waals surface area contributed by atoms with Crippen LogP contribution in [0.3, 0.4) is 0 Å². The zero-order chi connectivity index (χ0) is 33.2. The molecule has 0 spiro atoms. The van der Waals surface area contributed by atoms with Crippen LogP contribution in [0.2, 0.25) is 0 Å². The van der Waals surface area contributed by atoms with Crippen molar-refractivity contribution in [1.29, 1.82) is 0 Å². The monoisotopic (exact) mass is 633 g/mol. The molecule has 0 bridgehead atoms.